The molecule has 0 fully saturated rings. The summed E-state index contributed by atoms with van der Waals surface area (Å²) in [5.74, 6) is 1.68. The molecule has 2 rings (SSSR count). The second-order valence-corrected chi connectivity index (χ2v) is 3.86. The first-order valence-corrected chi connectivity index (χ1v) is 5.18. The van der Waals surface area contributed by atoms with Crippen LogP contribution in [0.4, 0.5) is 5.82 Å². The standard InChI is InChI=1S/C12H11ClN2O/c1-8-2-4-11(10(13)6-8)16-9-3-5-12(14)15-7-9/h2-7H,1H3,(H2,14,15). The Balaban J connectivity index is 2.23. The van der Waals surface area contributed by atoms with Crippen molar-refractivity contribution in [2.45, 2.75) is 6.92 Å². The molecule has 0 saturated heterocycles. The van der Waals surface area contributed by atoms with Gasteiger partial charge in [0.15, 0.2) is 0 Å². The average molecular weight is 235 g/mol. The number of hydrogen-bond acceptors (Lipinski definition) is 3. The minimum atomic E-state index is 0.461. The van der Waals surface area contributed by atoms with Gasteiger partial charge in [-0.1, -0.05) is 17.7 Å². The number of hydrogen-bond donors (Lipinski definition) is 1. The lowest BCUT2D eigenvalue weighted by Gasteiger charge is -2.07. The van der Waals surface area contributed by atoms with E-state index in [1.165, 1.54) is 0 Å². The van der Waals surface area contributed by atoms with Crippen molar-refractivity contribution in [3.63, 3.8) is 0 Å². The number of nitrogens with zero attached hydrogens (tertiary/aromatic N) is 1. The highest BCUT2D eigenvalue weighted by Gasteiger charge is 2.03. The maximum atomic E-state index is 6.04. The molecular weight excluding hydrogens is 224 g/mol. The van der Waals surface area contributed by atoms with Crippen LogP contribution in [-0.2, 0) is 0 Å². The monoisotopic (exact) mass is 234 g/mol. The fourth-order valence-corrected chi connectivity index (χ4v) is 1.54. The smallest absolute Gasteiger partial charge is 0.146 e. The van der Waals surface area contributed by atoms with E-state index in [4.69, 9.17) is 22.1 Å². The largest absolute Gasteiger partial charge is 0.454 e. The summed E-state index contributed by atoms with van der Waals surface area (Å²) in [7, 11) is 0. The molecule has 0 aliphatic heterocycles. The van der Waals surface area contributed by atoms with Gasteiger partial charge in [0.1, 0.15) is 17.3 Å². The number of anilines is 1. The Labute approximate surface area is 98.8 Å². The van der Waals surface area contributed by atoms with Crippen LogP contribution in [0.15, 0.2) is 36.5 Å². The van der Waals surface area contributed by atoms with Crippen LogP contribution in [0.1, 0.15) is 5.56 Å². The van der Waals surface area contributed by atoms with E-state index >= 15 is 0 Å². The molecule has 16 heavy (non-hydrogen) atoms. The number of pyridine rings is 1. The molecule has 0 spiro atoms. The highest BCUT2D eigenvalue weighted by Crippen LogP contribution is 2.29. The van der Waals surface area contributed by atoms with Gasteiger partial charge in [-0.05, 0) is 36.8 Å². The molecule has 0 aliphatic carbocycles. The number of nitrogen functional groups attached to an aromatic ring is 1. The van der Waals surface area contributed by atoms with Crippen LogP contribution >= 0.6 is 11.6 Å². The zero-order chi connectivity index (χ0) is 11.5. The van der Waals surface area contributed by atoms with Crippen LogP contribution in [0.25, 0.3) is 0 Å². The van der Waals surface area contributed by atoms with E-state index in [-0.39, 0.29) is 0 Å². The SMILES string of the molecule is Cc1ccc(Oc2ccc(N)nc2)c(Cl)c1. The van der Waals surface area contributed by atoms with Crippen molar-refractivity contribution in [1.29, 1.82) is 0 Å². The number of ether oxygens (including phenoxy) is 1. The summed E-state index contributed by atoms with van der Waals surface area (Å²) in [4.78, 5) is 3.93. The second kappa shape index (κ2) is 4.41. The number of rotatable bonds is 2. The van der Waals surface area contributed by atoms with Gasteiger partial charge in [-0.3, -0.25) is 0 Å². The van der Waals surface area contributed by atoms with Crippen molar-refractivity contribution >= 4 is 17.4 Å². The summed E-state index contributed by atoms with van der Waals surface area (Å²) >= 11 is 6.04. The van der Waals surface area contributed by atoms with E-state index in [1.54, 1.807) is 18.3 Å². The van der Waals surface area contributed by atoms with Gasteiger partial charge in [0.05, 0.1) is 11.2 Å². The topological polar surface area (TPSA) is 48.1 Å². The Morgan fingerprint density at radius 2 is 2.06 bits per heavy atom. The molecule has 1 heterocycles. The molecule has 2 aromatic rings. The van der Waals surface area contributed by atoms with Gasteiger partial charge < -0.3 is 10.5 Å². The zero-order valence-corrected chi connectivity index (χ0v) is 9.53. The lowest BCUT2D eigenvalue weighted by Crippen LogP contribution is -1.90. The van der Waals surface area contributed by atoms with Crippen LogP contribution in [0.5, 0.6) is 11.5 Å². The number of halogens is 1. The molecular formula is C12H11ClN2O. The minimum Gasteiger partial charge on any atom is -0.454 e. The molecule has 1 aromatic carbocycles. The van der Waals surface area contributed by atoms with Gasteiger partial charge in [-0.25, -0.2) is 4.98 Å². The summed E-state index contributed by atoms with van der Waals surface area (Å²) in [5, 5.41) is 0.580. The van der Waals surface area contributed by atoms with Gasteiger partial charge in [0.2, 0.25) is 0 Å². The molecule has 3 nitrogen and oxygen atoms in total. The molecule has 0 bridgehead atoms. The fraction of sp³-hybridized carbons (Fsp3) is 0.0833. The average Bonchev–Trinajstić information content (AvgIpc) is 2.25. The van der Waals surface area contributed by atoms with Crippen LogP contribution in [-0.4, -0.2) is 4.98 Å². The summed E-state index contributed by atoms with van der Waals surface area (Å²) in [6, 6.07) is 9.04. The lowest BCUT2D eigenvalue weighted by atomic mass is 10.2. The third-order valence-electron chi connectivity index (χ3n) is 2.07. The highest BCUT2D eigenvalue weighted by atomic mass is 35.5. The maximum Gasteiger partial charge on any atom is 0.146 e. The minimum absolute atomic E-state index is 0.461. The van der Waals surface area contributed by atoms with Crippen molar-refractivity contribution < 1.29 is 4.74 Å². The molecule has 2 N–H and O–H groups in total. The molecule has 0 radical (unpaired) electrons. The zero-order valence-electron chi connectivity index (χ0n) is 8.77. The lowest BCUT2D eigenvalue weighted by molar-refractivity contribution is 0.480. The first-order chi connectivity index (χ1) is 7.65. The molecule has 4 heteroatoms. The van der Waals surface area contributed by atoms with Gasteiger partial charge in [-0.2, -0.15) is 0 Å². The molecule has 0 unspecified atom stereocenters. The van der Waals surface area contributed by atoms with E-state index in [9.17, 15) is 0 Å². The third-order valence-corrected chi connectivity index (χ3v) is 2.37. The molecule has 1 aromatic heterocycles. The molecule has 0 aliphatic rings. The Hall–Kier alpha value is -1.74. The van der Waals surface area contributed by atoms with Crippen molar-refractivity contribution in [2.75, 3.05) is 5.73 Å². The fourth-order valence-electron chi connectivity index (χ4n) is 1.27. The first-order valence-electron chi connectivity index (χ1n) is 4.81. The highest BCUT2D eigenvalue weighted by molar-refractivity contribution is 6.32. The molecule has 0 saturated carbocycles. The van der Waals surface area contributed by atoms with Crippen molar-refractivity contribution in [2.24, 2.45) is 0 Å². The second-order valence-electron chi connectivity index (χ2n) is 3.45. The predicted octanol–water partition coefficient (Wildman–Crippen LogP) is 3.42. The molecule has 0 atom stereocenters. The van der Waals surface area contributed by atoms with E-state index in [1.807, 2.05) is 25.1 Å². The summed E-state index contributed by atoms with van der Waals surface area (Å²) in [6.07, 6.45) is 1.56. The predicted molar refractivity (Wildman–Crippen MR) is 64.9 cm³/mol. The quantitative estimate of drug-likeness (QED) is 0.866. The van der Waals surface area contributed by atoms with Crippen LogP contribution < -0.4 is 10.5 Å². The van der Waals surface area contributed by atoms with Gasteiger partial charge >= 0.3 is 0 Å². The van der Waals surface area contributed by atoms with Crippen molar-refractivity contribution in [1.82, 2.24) is 4.98 Å². The summed E-state index contributed by atoms with van der Waals surface area (Å²) in [5.41, 5.74) is 6.57. The number of aryl methyl sites for hydroxylation is 1. The van der Waals surface area contributed by atoms with Gasteiger partial charge in [-0.15, -0.1) is 0 Å². The van der Waals surface area contributed by atoms with Crippen LogP contribution in [0, 0.1) is 6.92 Å². The Morgan fingerprint density at radius 1 is 1.25 bits per heavy atom. The van der Waals surface area contributed by atoms with Crippen LogP contribution in [0.2, 0.25) is 5.02 Å². The van der Waals surface area contributed by atoms with E-state index in [2.05, 4.69) is 4.98 Å². The third kappa shape index (κ3) is 2.44. The van der Waals surface area contributed by atoms with E-state index < -0.39 is 0 Å². The van der Waals surface area contributed by atoms with Crippen molar-refractivity contribution in [3.05, 3.63) is 47.1 Å². The Bertz CT molecular complexity index is 497. The molecule has 82 valence electrons. The van der Waals surface area contributed by atoms with E-state index in [0.29, 0.717) is 22.3 Å². The Kier molecular flexibility index (Phi) is 2.97. The van der Waals surface area contributed by atoms with Crippen molar-refractivity contribution in [3.8, 4) is 11.5 Å². The summed E-state index contributed by atoms with van der Waals surface area (Å²) < 4.78 is 5.57. The van der Waals surface area contributed by atoms with Gasteiger partial charge in [0.25, 0.3) is 0 Å². The van der Waals surface area contributed by atoms with Crippen LogP contribution in [0.3, 0.4) is 0 Å². The normalized spacial score (nSPS) is 10.1. The number of nitrogens with two attached hydrogens (primary N) is 1. The number of aromatic nitrogens is 1. The Morgan fingerprint density at radius 3 is 2.69 bits per heavy atom. The number of benzene rings is 1. The van der Waals surface area contributed by atoms with Gasteiger partial charge in [0, 0.05) is 0 Å². The summed E-state index contributed by atoms with van der Waals surface area (Å²) in [6.45, 7) is 1.97. The first kappa shape index (κ1) is 10.8. The molecule has 0 amide bonds. The van der Waals surface area contributed by atoms with E-state index in [0.717, 1.165) is 5.56 Å². The maximum absolute atomic E-state index is 6.04.